The van der Waals surface area contributed by atoms with Gasteiger partial charge in [0.15, 0.2) is 5.11 Å². The van der Waals surface area contributed by atoms with Crippen LogP contribution in [0.2, 0.25) is 5.02 Å². The van der Waals surface area contributed by atoms with E-state index in [2.05, 4.69) is 10.6 Å². The Kier molecular flexibility index (Phi) is 8.20. The Bertz CT molecular complexity index is 1510. The fourth-order valence-electron chi connectivity index (χ4n) is 3.53. The van der Waals surface area contributed by atoms with E-state index in [-0.39, 0.29) is 38.5 Å². The lowest BCUT2D eigenvalue weighted by atomic mass is 10.1. The number of aryl methyl sites for hydroxylation is 1. The molecule has 3 aromatic carbocycles. The van der Waals surface area contributed by atoms with Crippen LogP contribution in [-0.4, -0.2) is 33.5 Å². The molecule has 1 aliphatic rings. The summed E-state index contributed by atoms with van der Waals surface area (Å²) in [7, 11) is 0. The molecule has 3 amide bonds. The van der Waals surface area contributed by atoms with Crippen LogP contribution in [0.15, 0.2) is 77.2 Å². The van der Waals surface area contributed by atoms with Gasteiger partial charge < -0.3 is 5.32 Å². The number of hydrogen-bond acceptors (Lipinski definition) is 7. The molecule has 0 spiro atoms. The number of anilines is 2. The Hall–Kier alpha value is -4.06. The minimum absolute atomic E-state index is 0.0530. The topological polar surface area (TPSA) is 122 Å². The van der Waals surface area contributed by atoms with Crippen LogP contribution in [0.25, 0.3) is 6.08 Å². The predicted octanol–water partition coefficient (Wildman–Crippen LogP) is 5.12. The summed E-state index contributed by atoms with van der Waals surface area (Å²) >= 11 is 12.4. The summed E-state index contributed by atoms with van der Waals surface area (Å²) in [6, 6.07) is 18.0. The molecule has 192 valence electrons. The van der Waals surface area contributed by atoms with Crippen LogP contribution in [0.3, 0.4) is 0 Å². The molecule has 38 heavy (non-hydrogen) atoms. The fraction of sp³-hybridized carbons (Fsp3) is 0.0769. The van der Waals surface area contributed by atoms with Gasteiger partial charge in [0.25, 0.3) is 17.5 Å². The van der Waals surface area contributed by atoms with Crippen LogP contribution in [0.1, 0.15) is 11.1 Å². The molecule has 4 rings (SSSR count). The largest absolute Gasteiger partial charge is 0.325 e. The van der Waals surface area contributed by atoms with Gasteiger partial charge in [-0.05, 0) is 66.7 Å². The number of nitro groups is 1. The van der Waals surface area contributed by atoms with Crippen molar-refractivity contribution in [1.29, 1.82) is 0 Å². The lowest BCUT2D eigenvalue weighted by Gasteiger charge is -2.29. The number of nitrogens with one attached hydrogen (secondary N) is 2. The summed E-state index contributed by atoms with van der Waals surface area (Å²) < 4.78 is 0. The first-order valence-electron chi connectivity index (χ1n) is 11.1. The van der Waals surface area contributed by atoms with Gasteiger partial charge in [-0.2, -0.15) is 0 Å². The van der Waals surface area contributed by atoms with Gasteiger partial charge in [-0.3, -0.25) is 34.7 Å². The minimum Gasteiger partial charge on any atom is -0.325 e. The van der Waals surface area contributed by atoms with Crippen molar-refractivity contribution in [2.75, 3.05) is 16.0 Å². The maximum atomic E-state index is 13.2. The zero-order valence-corrected chi connectivity index (χ0v) is 22.2. The molecule has 0 bridgehead atoms. The monoisotopic (exact) mass is 566 g/mol. The third kappa shape index (κ3) is 6.08. The number of para-hydroxylation sites is 1. The summed E-state index contributed by atoms with van der Waals surface area (Å²) in [5.41, 5.74) is 1.52. The molecule has 0 saturated carbocycles. The molecule has 2 N–H and O–H groups in total. The molecule has 1 fully saturated rings. The maximum absolute atomic E-state index is 13.2. The van der Waals surface area contributed by atoms with Crippen LogP contribution in [0.5, 0.6) is 0 Å². The van der Waals surface area contributed by atoms with Crippen molar-refractivity contribution in [3.8, 4) is 0 Å². The van der Waals surface area contributed by atoms with E-state index in [1.165, 1.54) is 24.3 Å². The van der Waals surface area contributed by atoms with Gasteiger partial charge in [0.2, 0.25) is 5.91 Å². The highest BCUT2D eigenvalue weighted by Gasteiger charge is 2.34. The number of carbonyl (C=O) groups is 3. The number of thioether (sulfide) groups is 1. The Morgan fingerprint density at radius 3 is 2.58 bits per heavy atom. The molecule has 9 nitrogen and oxygen atoms in total. The number of thiocarbonyl (C=S) groups is 1. The molecule has 1 aliphatic heterocycles. The Morgan fingerprint density at radius 1 is 1.16 bits per heavy atom. The maximum Gasteiger partial charge on any atom is 0.283 e. The van der Waals surface area contributed by atoms with E-state index in [4.69, 9.17) is 23.8 Å². The molecule has 1 heterocycles. The second kappa shape index (κ2) is 11.5. The molecular formula is C26H19ClN4O5S2. The Balaban J connectivity index is 1.57. The van der Waals surface area contributed by atoms with Crippen LogP contribution in [0, 0.1) is 17.0 Å². The van der Waals surface area contributed by atoms with Crippen molar-refractivity contribution in [2.45, 2.75) is 11.8 Å². The molecule has 0 radical (unpaired) electrons. The van der Waals surface area contributed by atoms with Gasteiger partial charge in [-0.25, -0.2) is 0 Å². The van der Waals surface area contributed by atoms with Crippen LogP contribution < -0.4 is 15.5 Å². The molecular weight excluding hydrogens is 548 g/mol. The van der Waals surface area contributed by atoms with E-state index in [9.17, 15) is 24.5 Å². The van der Waals surface area contributed by atoms with Gasteiger partial charge in [0.1, 0.15) is 5.57 Å². The SMILES string of the molecule is Cc1ccc(N2C(=O)/C(=C/c3ccc(SCC(=O)Nc4ccccc4)c([N+](=O)[O-])c3)C(=O)NC2=S)cc1Cl. The zero-order chi connectivity index (χ0) is 27.4. The Morgan fingerprint density at radius 2 is 1.89 bits per heavy atom. The summed E-state index contributed by atoms with van der Waals surface area (Å²) in [5.74, 6) is -1.80. The molecule has 0 aliphatic carbocycles. The first-order valence-corrected chi connectivity index (χ1v) is 12.8. The normalized spacial score (nSPS) is 14.4. The van der Waals surface area contributed by atoms with Crippen LogP contribution in [-0.2, 0) is 14.4 Å². The van der Waals surface area contributed by atoms with Crippen LogP contribution in [0.4, 0.5) is 17.1 Å². The fourth-order valence-corrected chi connectivity index (χ4v) is 4.79. The van der Waals surface area contributed by atoms with Crippen molar-refractivity contribution < 1.29 is 19.3 Å². The van der Waals surface area contributed by atoms with E-state index in [1.54, 1.807) is 49.4 Å². The van der Waals surface area contributed by atoms with Gasteiger partial charge in [-0.15, -0.1) is 11.8 Å². The van der Waals surface area contributed by atoms with E-state index in [1.807, 2.05) is 6.07 Å². The van der Waals surface area contributed by atoms with Gasteiger partial charge in [0.05, 0.1) is 21.3 Å². The van der Waals surface area contributed by atoms with Crippen molar-refractivity contribution in [1.82, 2.24) is 5.32 Å². The highest BCUT2D eigenvalue weighted by atomic mass is 35.5. The first kappa shape index (κ1) is 27.0. The molecule has 0 atom stereocenters. The molecule has 1 saturated heterocycles. The minimum atomic E-state index is -0.729. The van der Waals surface area contributed by atoms with Crippen molar-refractivity contribution in [3.63, 3.8) is 0 Å². The number of benzene rings is 3. The van der Waals surface area contributed by atoms with E-state index in [0.717, 1.165) is 22.2 Å². The zero-order valence-electron chi connectivity index (χ0n) is 19.8. The lowest BCUT2D eigenvalue weighted by molar-refractivity contribution is -0.387. The number of halogens is 1. The molecule has 12 heteroatoms. The quantitative estimate of drug-likeness (QED) is 0.102. The number of rotatable bonds is 7. The van der Waals surface area contributed by atoms with E-state index < -0.39 is 16.7 Å². The summed E-state index contributed by atoms with van der Waals surface area (Å²) in [4.78, 5) is 50.7. The number of hydrogen-bond donors (Lipinski definition) is 2. The predicted molar refractivity (Wildman–Crippen MR) is 151 cm³/mol. The van der Waals surface area contributed by atoms with Crippen molar-refractivity contribution in [3.05, 3.63) is 98.6 Å². The first-order chi connectivity index (χ1) is 18.1. The summed E-state index contributed by atoms with van der Waals surface area (Å²) in [6.45, 7) is 1.81. The standard InChI is InChI=1S/C26H19ClN4O5S2/c1-15-7-9-18(13-20(15)27)30-25(34)19(24(33)29-26(30)37)11-16-8-10-22(21(12-16)31(35)36)38-14-23(32)28-17-5-3-2-4-6-17/h2-13H,14H2,1H3,(H,28,32)(H,29,33,37)/b19-11+. The molecule has 3 aromatic rings. The highest BCUT2D eigenvalue weighted by molar-refractivity contribution is 8.00. The van der Waals surface area contributed by atoms with Crippen molar-refractivity contribution >= 4 is 81.6 Å². The average Bonchev–Trinajstić information content (AvgIpc) is 2.88. The smallest absolute Gasteiger partial charge is 0.283 e. The van der Waals surface area contributed by atoms with Crippen molar-refractivity contribution in [2.24, 2.45) is 0 Å². The average molecular weight is 567 g/mol. The third-order valence-electron chi connectivity index (χ3n) is 5.42. The second-order valence-corrected chi connectivity index (χ2v) is 9.89. The van der Waals surface area contributed by atoms with Crippen LogP contribution >= 0.6 is 35.6 Å². The number of nitrogens with zero attached hydrogens (tertiary/aromatic N) is 2. The van der Waals surface area contributed by atoms with E-state index in [0.29, 0.717) is 16.4 Å². The van der Waals surface area contributed by atoms with Gasteiger partial charge in [0, 0.05) is 16.8 Å². The number of carbonyl (C=O) groups excluding carboxylic acids is 3. The number of nitro benzene ring substituents is 1. The number of amides is 3. The van der Waals surface area contributed by atoms with Gasteiger partial charge >= 0.3 is 0 Å². The lowest BCUT2D eigenvalue weighted by Crippen LogP contribution is -2.54. The summed E-state index contributed by atoms with van der Waals surface area (Å²) in [5, 5.41) is 17.3. The highest BCUT2D eigenvalue weighted by Crippen LogP contribution is 2.32. The Labute approximate surface area is 232 Å². The second-order valence-electron chi connectivity index (χ2n) is 8.08. The molecule has 0 aromatic heterocycles. The van der Waals surface area contributed by atoms with E-state index >= 15 is 0 Å². The third-order valence-corrected chi connectivity index (χ3v) is 7.18. The molecule has 0 unspecified atom stereocenters. The van der Waals surface area contributed by atoms with Gasteiger partial charge in [-0.1, -0.05) is 41.9 Å². The summed E-state index contributed by atoms with van der Waals surface area (Å²) in [6.07, 6.45) is 1.26.